The van der Waals surface area contributed by atoms with Crippen molar-refractivity contribution in [2.24, 2.45) is 5.41 Å². The molecule has 4 heteroatoms. The van der Waals surface area contributed by atoms with Crippen LogP contribution in [-0.4, -0.2) is 17.8 Å². The average molecular weight is 301 g/mol. The SMILES string of the molecule is CC(C)(C)C(CCO)Nc1cc(Br)ccc1N. The predicted molar refractivity (Wildman–Crippen MR) is 77.1 cm³/mol. The van der Waals surface area contributed by atoms with Crippen molar-refractivity contribution in [3.8, 4) is 0 Å². The van der Waals surface area contributed by atoms with Gasteiger partial charge in [0.1, 0.15) is 0 Å². The van der Waals surface area contributed by atoms with Crippen LogP contribution in [0.15, 0.2) is 22.7 Å². The van der Waals surface area contributed by atoms with Gasteiger partial charge in [0.15, 0.2) is 0 Å². The molecule has 1 aromatic carbocycles. The van der Waals surface area contributed by atoms with Gasteiger partial charge in [-0.15, -0.1) is 0 Å². The van der Waals surface area contributed by atoms with Gasteiger partial charge in [0.25, 0.3) is 0 Å². The van der Waals surface area contributed by atoms with Gasteiger partial charge < -0.3 is 16.2 Å². The largest absolute Gasteiger partial charge is 0.397 e. The lowest BCUT2D eigenvalue weighted by Gasteiger charge is -2.32. The van der Waals surface area contributed by atoms with E-state index in [1.54, 1.807) is 0 Å². The lowest BCUT2D eigenvalue weighted by atomic mass is 9.84. The number of benzene rings is 1. The van der Waals surface area contributed by atoms with Crippen LogP contribution >= 0.6 is 15.9 Å². The maximum absolute atomic E-state index is 9.12. The summed E-state index contributed by atoms with van der Waals surface area (Å²) >= 11 is 3.43. The molecule has 0 saturated heterocycles. The number of aliphatic hydroxyl groups excluding tert-OH is 1. The van der Waals surface area contributed by atoms with Crippen molar-refractivity contribution in [3.05, 3.63) is 22.7 Å². The van der Waals surface area contributed by atoms with E-state index in [-0.39, 0.29) is 18.1 Å². The molecule has 3 nitrogen and oxygen atoms in total. The predicted octanol–water partition coefficient (Wildman–Crippen LogP) is 3.24. The van der Waals surface area contributed by atoms with Crippen LogP contribution in [0.25, 0.3) is 0 Å². The average Bonchev–Trinajstić information content (AvgIpc) is 2.21. The summed E-state index contributed by atoms with van der Waals surface area (Å²) in [5, 5.41) is 12.5. The first-order valence-electron chi connectivity index (χ1n) is 5.77. The second-order valence-electron chi connectivity index (χ2n) is 5.31. The Bertz CT molecular complexity index is 374. The standard InChI is InChI=1S/C13H21BrN2O/c1-13(2,3)12(6-7-17)16-11-8-9(14)4-5-10(11)15/h4-5,8,12,16-17H,6-7,15H2,1-3H3. The van der Waals surface area contributed by atoms with Gasteiger partial charge in [-0.1, -0.05) is 36.7 Å². The summed E-state index contributed by atoms with van der Waals surface area (Å²) in [7, 11) is 0. The van der Waals surface area contributed by atoms with Crippen molar-refractivity contribution in [1.29, 1.82) is 0 Å². The minimum Gasteiger partial charge on any atom is -0.397 e. The van der Waals surface area contributed by atoms with Crippen LogP contribution in [0, 0.1) is 5.41 Å². The first-order valence-corrected chi connectivity index (χ1v) is 6.56. The fourth-order valence-electron chi connectivity index (χ4n) is 1.69. The molecule has 0 aliphatic rings. The monoisotopic (exact) mass is 300 g/mol. The summed E-state index contributed by atoms with van der Waals surface area (Å²) in [6, 6.07) is 5.93. The third kappa shape index (κ3) is 4.21. The summed E-state index contributed by atoms with van der Waals surface area (Å²) in [5.74, 6) is 0. The van der Waals surface area contributed by atoms with Crippen molar-refractivity contribution in [3.63, 3.8) is 0 Å². The van der Waals surface area contributed by atoms with E-state index in [9.17, 15) is 0 Å². The Morgan fingerprint density at radius 2 is 2.06 bits per heavy atom. The summed E-state index contributed by atoms with van der Waals surface area (Å²) in [6.07, 6.45) is 0.704. The number of aliphatic hydroxyl groups is 1. The maximum Gasteiger partial charge on any atom is 0.0587 e. The number of nitrogens with one attached hydrogen (secondary N) is 1. The topological polar surface area (TPSA) is 58.3 Å². The Morgan fingerprint density at radius 3 is 2.59 bits per heavy atom. The third-order valence-corrected chi connectivity index (χ3v) is 3.30. The van der Waals surface area contributed by atoms with Gasteiger partial charge in [0, 0.05) is 17.1 Å². The molecule has 1 unspecified atom stereocenters. The van der Waals surface area contributed by atoms with Gasteiger partial charge in [0.2, 0.25) is 0 Å². The van der Waals surface area contributed by atoms with E-state index in [4.69, 9.17) is 10.8 Å². The van der Waals surface area contributed by atoms with Gasteiger partial charge in [-0.2, -0.15) is 0 Å². The summed E-state index contributed by atoms with van der Waals surface area (Å²) in [4.78, 5) is 0. The molecule has 0 amide bonds. The Labute approximate surface area is 112 Å². The number of hydrogen-bond donors (Lipinski definition) is 3. The molecule has 0 radical (unpaired) electrons. The van der Waals surface area contributed by atoms with Crippen molar-refractivity contribution in [2.45, 2.75) is 33.2 Å². The number of rotatable bonds is 4. The van der Waals surface area contributed by atoms with E-state index in [1.165, 1.54) is 0 Å². The molecular weight excluding hydrogens is 280 g/mol. The number of halogens is 1. The van der Waals surface area contributed by atoms with E-state index in [0.717, 1.165) is 15.8 Å². The van der Waals surface area contributed by atoms with Crippen molar-refractivity contribution < 1.29 is 5.11 Å². The number of hydrogen-bond acceptors (Lipinski definition) is 3. The highest BCUT2D eigenvalue weighted by atomic mass is 79.9. The molecule has 4 N–H and O–H groups in total. The lowest BCUT2D eigenvalue weighted by Crippen LogP contribution is -2.35. The lowest BCUT2D eigenvalue weighted by molar-refractivity contribution is 0.235. The Kier molecular flexibility index (Phi) is 4.83. The second kappa shape index (κ2) is 5.74. The number of nitrogens with two attached hydrogens (primary N) is 1. The van der Waals surface area contributed by atoms with E-state index in [1.807, 2.05) is 18.2 Å². The number of anilines is 2. The van der Waals surface area contributed by atoms with Crippen LogP contribution in [0.2, 0.25) is 0 Å². The molecule has 0 heterocycles. The molecule has 0 aromatic heterocycles. The van der Waals surface area contributed by atoms with Gasteiger partial charge in [-0.25, -0.2) is 0 Å². The minimum absolute atomic E-state index is 0.0670. The fraction of sp³-hybridized carbons (Fsp3) is 0.538. The molecule has 0 spiro atoms. The van der Waals surface area contributed by atoms with Crippen LogP contribution in [0.3, 0.4) is 0 Å². The van der Waals surface area contributed by atoms with Crippen molar-refractivity contribution >= 4 is 27.3 Å². The third-order valence-electron chi connectivity index (χ3n) is 2.81. The molecule has 0 saturated carbocycles. The number of nitrogen functional groups attached to an aromatic ring is 1. The molecule has 17 heavy (non-hydrogen) atoms. The van der Waals surface area contributed by atoms with Crippen LogP contribution < -0.4 is 11.1 Å². The molecule has 0 aliphatic carbocycles. The van der Waals surface area contributed by atoms with E-state index >= 15 is 0 Å². The Hall–Kier alpha value is -0.740. The normalized spacial score (nSPS) is 13.5. The van der Waals surface area contributed by atoms with Crippen LogP contribution in [0.4, 0.5) is 11.4 Å². The van der Waals surface area contributed by atoms with Crippen LogP contribution in [0.5, 0.6) is 0 Å². The van der Waals surface area contributed by atoms with Crippen molar-refractivity contribution in [1.82, 2.24) is 0 Å². The van der Waals surface area contributed by atoms with E-state index < -0.39 is 0 Å². The summed E-state index contributed by atoms with van der Waals surface area (Å²) in [5.41, 5.74) is 7.63. The molecule has 96 valence electrons. The quantitative estimate of drug-likeness (QED) is 0.748. The maximum atomic E-state index is 9.12. The van der Waals surface area contributed by atoms with Gasteiger partial charge in [0.05, 0.1) is 11.4 Å². The second-order valence-corrected chi connectivity index (χ2v) is 6.22. The first-order chi connectivity index (χ1) is 7.84. The molecule has 1 atom stereocenters. The first kappa shape index (κ1) is 14.3. The molecule has 0 aliphatic heterocycles. The highest BCUT2D eigenvalue weighted by Gasteiger charge is 2.24. The van der Waals surface area contributed by atoms with E-state index in [2.05, 4.69) is 42.0 Å². The van der Waals surface area contributed by atoms with E-state index in [0.29, 0.717) is 6.42 Å². The Balaban J connectivity index is 2.89. The van der Waals surface area contributed by atoms with Crippen molar-refractivity contribution in [2.75, 3.05) is 17.7 Å². The van der Waals surface area contributed by atoms with Gasteiger partial charge >= 0.3 is 0 Å². The fourth-order valence-corrected chi connectivity index (χ4v) is 2.05. The molecule has 1 aromatic rings. The zero-order valence-corrected chi connectivity index (χ0v) is 12.2. The summed E-state index contributed by atoms with van der Waals surface area (Å²) in [6.45, 7) is 6.61. The Morgan fingerprint density at radius 1 is 1.41 bits per heavy atom. The molecular formula is C13H21BrN2O. The van der Waals surface area contributed by atoms with Gasteiger partial charge in [-0.05, 0) is 30.0 Å². The smallest absolute Gasteiger partial charge is 0.0587 e. The molecule has 0 fully saturated rings. The van der Waals surface area contributed by atoms with Crippen LogP contribution in [-0.2, 0) is 0 Å². The van der Waals surface area contributed by atoms with Crippen LogP contribution in [0.1, 0.15) is 27.2 Å². The minimum atomic E-state index is 0.0670. The van der Waals surface area contributed by atoms with Gasteiger partial charge in [-0.3, -0.25) is 0 Å². The zero-order chi connectivity index (χ0) is 13.1. The zero-order valence-electron chi connectivity index (χ0n) is 10.6. The highest BCUT2D eigenvalue weighted by Crippen LogP contribution is 2.29. The molecule has 1 rings (SSSR count). The molecule has 0 bridgehead atoms. The summed E-state index contributed by atoms with van der Waals surface area (Å²) < 4.78 is 0.992. The highest BCUT2D eigenvalue weighted by molar-refractivity contribution is 9.10.